The number of amides is 1. The lowest BCUT2D eigenvalue weighted by atomic mass is 10.2. The Balaban J connectivity index is 1.93. The minimum Gasteiger partial charge on any atom is -0.497 e. The number of anilines is 1. The Kier molecular flexibility index (Phi) is 4.26. The van der Waals surface area contributed by atoms with Gasteiger partial charge in [-0.25, -0.2) is 4.68 Å². The van der Waals surface area contributed by atoms with E-state index in [2.05, 4.69) is 15.6 Å². The smallest absolute Gasteiger partial charge is 0.297 e. The Labute approximate surface area is 143 Å². The first kappa shape index (κ1) is 16.7. The summed E-state index contributed by atoms with van der Waals surface area (Å²) >= 11 is 0. The highest BCUT2D eigenvalue weighted by atomic mass is 16.5. The zero-order valence-electron chi connectivity index (χ0n) is 14.4. The number of fused-ring (bicyclic) bond motifs is 1. The molecule has 25 heavy (non-hydrogen) atoms. The number of methoxy groups -OCH3 is 1. The van der Waals surface area contributed by atoms with Gasteiger partial charge in [0.25, 0.3) is 5.56 Å². The van der Waals surface area contributed by atoms with Crippen molar-refractivity contribution >= 4 is 22.5 Å². The summed E-state index contributed by atoms with van der Waals surface area (Å²) in [5.74, 6) is 0.774. The van der Waals surface area contributed by atoms with Crippen LogP contribution in [0.1, 0.15) is 24.4 Å². The van der Waals surface area contributed by atoms with Crippen LogP contribution in [-0.2, 0) is 4.79 Å². The van der Waals surface area contributed by atoms with Crippen LogP contribution >= 0.6 is 0 Å². The van der Waals surface area contributed by atoms with E-state index >= 15 is 0 Å². The summed E-state index contributed by atoms with van der Waals surface area (Å²) < 4.78 is 11.3. The summed E-state index contributed by atoms with van der Waals surface area (Å²) in [5, 5.41) is 11.4. The number of aromatic nitrogens is 3. The molecule has 0 bridgehead atoms. The SMILES string of the molecule is COc1cccc(NC(=O)C(C)n2nc(C)c3c(C)onc3c2=O)c1. The van der Waals surface area contributed by atoms with Crippen molar-refractivity contribution in [3.8, 4) is 5.75 Å². The van der Waals surface area contributed by atoms with Crippen molar-refractivity contribution in [1.82, 2.24) is 14.9 Å². The van der Waals surface area contributed by atoms with Crippen LogP contribution in [0.25, 0.3) is 10.9 Å². The van der Waals surface area contributed by atoms with Crippen LogP contribution in [0.5, 0.6) is 5.75 Å². The second-order valence-electron chi connectivity index (χ2n) is 5.69. The highest BCUT2D eigenvalue weighted by molar-refractivity contribution is 5.93. The minimum absolute atomic E-state index is 0.172. The normalized spacial score (nSPS) is 12.2. The second kappa shape index (κ2) is 6.39. The van der Waals surface area contributed by atoms with E-state index in [1.165, 1.54) is 0 Å². The first-order valence-corrected chi connectivity index (χ1v) is 7.72. The molecule has 0 fully saturated rings. The van der Waals surface area contributed by atoms with Crippen molar-refractivity contribution in [2.45, 2.75) is 26.8 Å². The van der Waals surface area contributed by atoms with Crippen LogP contribution in [-0.4, -0.2) is 28.0 Å². The van der Waals surface area contributed by atoms with E-state index in [4.69, 9.17) is 9.26 Å². The molecule has 0 spiro atoms. The summed E-state index contributed by atoms with van der Waals surface area (Å²) in [7, 11) is 1.55. The van der Waals surface area contributed by atoms with Crippen molar-refractivity contribution in [2.75, 3.05) is 12.4 Å². The number of nitrogens with zero attached hydrogens (tertiary/aromatic N) is 3. The molecule has 8 heteroatoms. The third kappa shape index (κ3) is 2.98. The lowest BCUT2D eigenvalue weighted by Crippen LogP contribution is -2.34. The average molecular weight is 342 g/mol. The number of ether oxygens (including phenoxy) is 1. The van der Waals surface area contributed by atoms with E-state index in [9.17, 15) is 9.59 Å². The summed E-state index contributed by atoms with van der Waals surface area (Å²) in [6, 6.07) is 6.14. The average Bonchev–Trinajstić information content (AvgIpc) is 3.00. The fourth-order valence-electron chi connectivity index (χ4n) is 2.63. The van der Waals surface area contributed by atoms with Gasteiger partial charge in [0.2, 0.25) is 5.91 Å². The van der Waals surface area contributed by atoms with Crippen molar-refractivity contribution in [3.05, 3.63) is 46.1 Å². The van der Waals surface area contributed by atoms with E-state index in [1.807, 2.05) is 0 Å². The number of nitrogens with one attached hydrogen (secondary N) is 1. The first-order chi connectivity index (χ1) is 11.9. The molecule has 0 saturated carbocycles. The maximum absolute atomic E-state index is 12.6. The van der Waals surface area contributed by atoms with Gasteiger partial charge in [0.05, 0.1) is 18.2 Å². The first-order valence-electron chi connectivity index (χ1n) is 7.72. The van der Waals surface area contributed by atoms with Crippen LogP contribution in [0.3, 0.4) is 0 Å². The molecule has 8 nitrogen and oxygen atoms in total. The number of carbonyl (C=O) groups is 1. The number of rotatable bonds is 4. The van der Waals surface area contributed by atoms with Crippen LogP contribution in [0.2, 0.25) is 0 Å². The van der Waals surface area contributed by atoms with Crippen LogP contribution in [0, 0.1) is 13.8 Å². The molecule has 1 unspecified atom stereocenters. The summed E-state index contributed by atoms with van der Waals surface area (Å²) in [4.78, 5) is 25.1. The molecule has 0 aliphatic heterocycles. The molecule has 2 heterocycles. The fraction of sp³-hybridized carbons (Fsp3) is 0.294. The summed E-state index contributed by atoms with van der Waals surface area (Å²) in [6.07, 6.45) is 0. The molecule has 1 aromatic carbocycles. The van der Waals surface area contributed by atoms with Gasteiger partial charge in [0.1, 0.15) is 17.6 Å². The molecule has 3 rings (SSSR count). The van der Waals surface area contributed by atoms with Crippen molar-refractivity contribution in [3.63, 3.8) is 0 Å². The van der Waals surface area contributed by atoms with Crippen LogP contribution in [0.15, 0.2) is 33.6 Å². The van der Waals surface area contributed by atoms with Crippen LogP contribution < -0.4 is 15.6 Å². The summed E-state index contributed by atoms with van der Waals surface area (Å²) in [5.41, 5.74) is 0.852. The molecule has 1 amide bonds. The highest BCUT2D eigenvalue weighted by Crippen LogP contribution is 2.20. The highest BCUT2D eigenvalue weighted by Gasteiger charge is 2.22. The second-order valence-corrected chi connectivity index (χ2v) is 5.69. The topological polar surface area (TPSA) is 99.2 Å². The number of benzene rings is 1. The standard InChI is InChI=1S/C17H18N4O4/c1-9-14-11(3)25-20-15(14)17(23)21(19-9)10(2)16(22)18-12-6-5-7-13(8-12)24-4/h5-8,10H,1-4H3,(H,18,22). The lowest BCUT2D eigenvalue weighted by Gasteiger charge is -2.15. The van der Waals surface area contributed by atoms with Crippen molar-refractivity contribution in [1.29, 1.82) is 0 Å². The molecule has 1 N–H and O–H groups in total. The maximum atomic E-state index is 12.6. The number of hydrogen-bond acceptors (Lipinski definition) is 6. The minimum atomic E-state index is -0.821. The Morgan fingerprint density at radius 1 is 1.36 bits per heavy atom. The molecule has 130 valence electrons. The molecule has 0 aliphatic rings. The zero-order valence-corrected chi connectivity index (χ0v) is 14.4. The predicted molar refractivity (Wildman–Crippen MR) is 91.9 cm³/mol. The van der Waals surface area contributed by atoms with Gasteiger partial charge < -0.3 is 14.6 Å². The van der Waals surface area contributed by atoms with Gasteiger partial charge >= 0.3 is 0 Å². The maximum Gasteiger partial charge on any atom is 0.297 e. The molecular weight excluding hydrogens is 324 g/mol. The Hall–Kier alpha value is -3.16. The van der Waals surface area contributed by atoms with Gasteiger partial charge in [-0.3, -0.25) is 9.59 Å². The summed E-state index contributed by atoms with van der Waals surface area (Å²) in [6.45, 7) is 5.06. The molecule has 2 aromatic heterocycles. The number of aryl methyl sites for hydroxylation is 2. The lowest BCUT2D eigenvalue weighted by molar-refractivity contribution is -0.119. The van der Waals surface area contributed by atoms with Crippen LogP contribution in [0.4, 0.5) is 5.69 Å². The third-order valence-corrected chi connectivity index (χ3v) is 3.98. The number of hydrogen-bond donors (Lipinski definition) is 1. The predicted octanol–water partition coefficient (Wildman–Crippen LogP) is 2.21. The molecule has 0 saturated heterocycles. The van der Waals surface area contributed by atoms with Gasteiger partial charge in [0, 0.05) is 11.8 Å². The molecular formula is C17H18N4O4. The largest absolute Gasteiger partial charge is 0.497 e. The van der Waals surface area contributed by atoms with Gasteiger partial charge in [-0.2, -0.15) is 5.10 Å². The third-order valence-electron chi connectivity index (χ3n) is 3.98. The van der Waals surface area contributed by atoms with Gasteiger partial charge in [-0.15, -0.1) is 0 Å². The number of carbonyl (C=O) groups excluding carboxylic acids is 1. The molecule has 0 radical (unpaired) electrons. The van der Waals surface area contributed by atoms with E-state index in [0.29, 0.717) is 28.3 Å². The van der Waals surface area contributed by atoms with Crippen molar-refractivity contribution < 1.29 is 14.1 Å². The van der Waals surface area contributed by atoms with E-state index in [1.54, 1.807) is 52.1 Å². The fourth-order valence-corrected chi connectivity index (χ4v) is 2.63. The van der Waals surface area contributed by atoms with Gasteiger partial charge in [-0.05, 0) is 32.9 Å². The van der Waals surface area contributed by atoms with E-state index < -0.39 is 11.6 Å². The Bertz CT molecular complexity index is 1010. The molecule has 1 atom stereocenters. The zero-order chi connectivity index (χ0) is 18.1. The Morgan fingerprint density at radius 2 is 2.12 bits per heavy atom. The quantitative estimate of drug-likeness (QED) is 0.780. The van der Waals surface area contributed by atoms with Gasteiger partial charge in [0.15, 0.2) is 5.52 Å². The van der Waals surface area contributed by atoms with E-state index in [-0.39, 0.29) is 11.4 Å². The molecule has 3 aromatic rings. The van der Waals surface area contributed by atoms with Crippen molar-refractivity contribution in [2.24, 2.45) is 0 Å². The van der Waals surface area contributed by atoms with Gasteiger partial charge in [-0.1, -0.05) is 11.2 Å². The molecule has 0 aliphatic carbocycles. The monoisotopic (exact) mass is 342 g/mol. The Morgan fingerprint density at radius 3 is 2.84 bits per heavy atom. The van der Waals surface area contributed by atoms with E-state index in [0.717, 1.165) is 4.68 Å².